The van der Waals surface area contributed by atoms with Crippen LogP contribution in [0.15, 0.2) is 109 Å². The maximum atomic E-state index is 14.5. The third kappa shape index (κ3) is 11.4. The number of phenols is 1. The van der Waals surface area contributed by atoms with Gasteiger partial charge in [0.05, 0.1) is 6.42 Å². The number of hydrogen-bond donors (Lipinski definition) is 6. The minimum atomic E-state index is -1.45. The molecule has 5 amide bonds. The molecule has 13 heteroatoms. The fraction of sp³-hybridized carbons (Fsp3) is 0.365. The number of phenolic OH excluding ortho intramolecular Hbond substituents is 1. The third-order valence-electron chi connectivity index (χ3n) is 12.2. The van der Waals surface area contributed by atoms with Crippen LogP contribution in [0.25, 0.3) is 21.9 Å². The number of alkyl carbamates (subject to hydrolysis) is 1. The van der Waals surface area contributed by atoms with Gasteiger partial charge in [0.2, 0.25) is 23.6 Å². The number of aryl methyl sites for hydroxylation is 1. The first-order valence-corrected chi connectivity index (χ1v) is 22.5. The largest absolute Gasteiger partial charge is 0.507 e. The quantitative estimate of drug-likeness (QED) is 0.0532. The molecule has 0 saturated heterocycles. The van der Waals surface area contributed by atoms with Crippen LogP contribution in [-0.2, 0) is 36.8 Å². The molecule has 2 aliphatic rings. The maximum Gasteiger partial charge on any atom is 0.407 e. The van der Waals surface area contributed by atoms with E-state index in [1.807, 2.05) is 93.6 Å². The Morgan fingerprint density at radius 1 is 0.754 bits per heavy atom. The highest BCUT2D eigenvalue weighted by Gasteiger charge is 2.44. The second-order valence-corrected chi connectivity index (χ2v) is 18.1. The summed E-state index contributed by atoms with van der Waals surface area (Å²) in [5, 5.41) is 23.3. The molecule has 13 nitrogen and oxygen atoms in total. The third-order valence-corrected chi connectivity index (χ3v) is 12.2. The molecule has 340 valence electrons. The predicted octanol–water partition coefficient (Wildman–Crippen LogP) is 7.10. The number of carbonyl (C=O) groups excluding carboxylic acids is 5. The number of benzene rings is 5. The molecular weight excluding hydrogens is 823 g/mol. The number of ether oxygens (including phenoxy) is 2. The molecule has 2 atom stereocenters. The highest BCUT2D eigenvalue weighted by Crippen LogP contribution is 2.44. The van der Waals surface area contributed by atoms with Crippen molar-refractivity contribution in [1.82, 2.24) is 21.3 Å². The minimum Gasteiger partial charge on any atom is -0.507 e. The lowest BCUT2D eigenvalue weighted by Gasteiger charge is -2.38. The summed E-state index contributed by atoms with van der Waals surface area (Å²) in [4.78, 5) is 68.5. The van der Waals surface area contributed by atoms with E-state index >= 15 is 0 Å². The van der Waals surface area contributed by atoms with Gasteiger partial charge in [-0.25, -0.2) is 4.79 Å². The van der Waals surface area contributed by atoms with Crippen LogP contribution in [-0.4, -0.2) is 71.2 Å². The predicted molar refractivity (Wildman–Crippen MR) is 249 cm³/mol. The molecule has 0 unspecified atom stereocenters. The average Bonchev–Trinajstić information content (AvgIpc) is 3.60. The average molecular weight is 882 g/mol. The van der Waals surface area contributed by atoms with Crippen LogP contribution >= 0.6 is 0 Å². The second-order valence-electron chi connectivity index (χ2n) is 18.1. The van der Waals surface area contributed by atoms with Crippen LogP contribution in [0.3, 0.4) is 0 Å². The monoisotopic (exact) mass is 881 g/mol. The van der Waals surface area contributed by atoms with Crippen molar-refractivity contribution in [2.24, 2.45) is 5.73 Å². The van der Waals surface area contributed by atoms with E-state index in [0.717, 1.165) is 50.6 Å². The number of amides is 5. The Bertz CT molecular complexity index is 2480. The smallest absolute Gasteiger partial charge is 0.407 e. The lowest BCUT2D eigenvalue weighted by Crippen LogP contribution is -2.65. The van der Waals surface area contributed by atoms with Gasteiger partial charge in [0.1, 0.15) is 41.3 Å². The highest BCUT2D eigenvalue weighted by atomic mass is 16.5. The zero-order chi connectivity index (χ0) is 46.1. The Morgan fingerprint density at radius 2 is 1.40 bits per heavy atom. The van der Waals surface area contributed by atoms with Crippen LogP contribution in [0.5, 0.6) is 11.5 Å². The van der Waals surface area contributed by atoms with E-state index < -0.39 is 59.4 Å². The zero-order valence-corrected chi connectivity index (χ0v) is 37.3. The number of rotatable bonds is 17. The standard InChI is InChI=1S/C52H59N5O8/c1-51(2,3)65-35-25-23-33(24-26-35)30-43(56-50(63)64-32-42-39-18-7-5-16-37(39)38-17-6-8-19-40(38)42)48(61)57-52(27-9-4-10-28-52)49(62)55-44(31-46(53)59)47(60)54-29-13-15-34-14-11-21-41-36(34)20-12-22-45(41)58/h5-8,11-12,14,16-26,42-44,58H,4,9-10,13,15,27-32H2,1-3H3,(H2,53,59)(H,54,60)(H,55,62)(H,56,63)(H,57,61)/t43-,44-/m0/s1. The summed E-state index contributed by atoms with van der Waals surface area (Å²) >= 11 is 0. The van der Waals surface area contributed by atoms with Crippen LogP contribution in [0.4, 0.5) is 4.79 Å². The Kier molecular flexibility index (Phi) is 14.4. The molecular formula is C52H59N5O8. The van der Waals surface area contributed by atoms with Gasteiger partial charge in [0.15, 0.2) is 0 Å². The van der Waals surface area contributed by atoms with Crippen LogP contribution in [0.1, 0.15) is 93.9 Å². The van der Waals surface area contributed by atoms with E-state index in [1.54, 1.807) is 24.3 Å². The van der Waals surface area contributed by atoms with Crippen molar-refractivity contribution in [3.63, 3.8) is 0 Å². The van der Waals surface area contributed by atoms with Gasteiger partial charge in [0.25, 0.3) is 0 Å². The van der Waals surface area contributed by atoms with Crippen molar-refractivity contribution in [1.29, 1.82) is 0 Å². The molecule has 0 spiro atoms. The molecule has 7 rings (SSSR count). The van der Waals surface area contributed by atoms with Gasteiger partial charge >= 0.3 is 6.09 Å². The number of fused-ring (bicyclic) bond motifs is 4. The molecule has 0 bridgehead atoms. The van der Waals surface area contributed by atoms with E-state index in [-0.39, 0.29) is 44.1 Å². The molecule has 0 aromatic heterocycles. The molecule has 2 aliphatic carbocycles. The first-order valence-electron chi connectivity index (χ1n) is 22.5. The highest BCUT2D eigenvalue weighted by molar-refractivity contribution is 5.98. The Balaban J connectivity index is 1.05. The van der Waals surface area contributed by atoms with Crippen LogP contribution < -0.4 is 31.7 Å². The maximum absolute atomic E-state index is 14.5. The van der Waals surface area contributed by atoms with E-state index in [0.29, 0.717) is 31.4 Å². The van der Waals surface area contributed by atoms with Crippen molar-refractivity contribution < 1.29 is 38.6 Å². The Hall–Kier alpha value is -6.89. The van der Waals surface area contributed by atoms with Crippen LogP contribution in [0.2, 0.25) is 0 Å². The van der Waals surface area contributed by atoms with Crippen LogP contribution in [0, 0.1) is 0 Å². The Labute approximate surface area is 379 Å². The first-order chi connectivity index (χ1) is 31.2. The topological polar surface area (TPSA) is 198 Å². The van der Waals surface area contributed by atoms with E-state index in [9.17, 15) is 29.1 Å². The molecule has 0 radical (unpaired) electrons. The van der Waals surface area contributed by atoms with E-state index in [4.69, 9.17) is 15.2 Å². The first kappa shape index (κ1) is 46.1. The van der Waals surface area contributed by atoms with Crippen molar-refractivity contribution in [3.05, 3.63) is 131 Å². The molecule has 65 heavy (non-hydrogen) atoms. The molecule has 5 aromatic rings. The van der Waals surface area contributed by atoms with E-state index in [1.165, 1.54) is 0 Å². The number of nitrogens with one attached hydrogen (secondary N) is 4. The minimum absolute atomic E-state index is 0.0381. The summed E-state index contributed by atoms with van der Waals surface area (Å²) in [6.07, 6.45) is 2.57. The summed E-state index contributed by atoms with van der Waals surface area (Å²) in [7, 11) is 0. The number of aromatic hydroxyl groups is 1. The van der Waals surface area contributed by atoms with Gasteiger partial charge in [-0.2, -0.15) is 0 Å². The van der Waals surface area contributed by atoms with Crippen molar-refractivity contribution in [3.8, 4) is 22.6 Å². The lowest BCUT2D eigenvalue weighted by molar-refractivity contribution is -0.138. The zero-order valence-electron chi connectivity index (χ0n) is 37.3. The summed E-state index contributed by atoms with van der Waals surface area (Å²) in [5.41, 5.74) is 9.70. The fourth-order valence-electron chi connectivity index (χ4n) is 9.06. The number of primary amides is 1. The van der Waals surface area contributed by atoms with Gasteiger partial charge in [-0.15, -0.1) is 0 Å². The summed E-state index contributed by atoms with van der Waals surface area (Å²) in [6, 6.07) is 31.8. The van der Waals surface area contributed by atoms with Gasteiger partial charge in [0, 0.05) is 24.3 Å². The van der Waals surface area contributed by atoms with Gasteiger partial charge < -0.3 is 41.6 Å². The molecule has 7 N–H and O–H groups in total. The number of carbonyl (C=O) groups is 5. The summed E-state index contributed by atoms with van der Waals surface area (Å²) in [6.45, 7) is 6.12. The summed E-state index contributed by atoms with van der Waals surface area (Å²) in [5.74, 6) is -1.96. The molecule has 0 aliphatic heterocycles. The SMILES string of the molecule is CC(C)(C)Oc1ccc(C[C@H](NC(=O)OCC2c3ccccc3-c3ccccc32)C(=O)NC2(C(=O)N[C@@H](CC(N)=O)C(=O)NCCCc3cccc4c(O)cccc34)CCCCC2)cc1. The molecule has 1 saturated carbocycles. The van der Waals surface area contributed by atoms with E-state index in [2.05, 4.69) is 33.4 Å². The second kappa shape index (κ2) is 20.3. The van der Waals surface area contributed by atoms with Crippen molar-refractivity contribution >= 4 is 40.5 Å². The molecule has 0 heterocycles. The van der Waals surface area contributed by atoms with Gasteiger partial charge in [-0.3, -0.25) is 19.2 Å². The Morgan fingerprint density at radius 3 is 2.06 bits per heavy atom. The molecule has 5 aromatic carbocycles. The van der Waals surface area contributed by atoms with Crippen molar-refractivity contribution in [2.75, 3.05) is 13.2 Å². The molecule has 1 fully saturated rings. The fourth-order valence-corrected chi connectivity index (χ4v) is 9.06. The number of nitrogens with two attached hydrogens (primary N) is 1. The van der Waals surface area contributed by atoms with Gasteiger partial charge in [-0.1, -0.05) is 110 Å². The van der Waals surface area contributed by atoms with Crippen molar-refractivity contribution in [2.45, 2.75) is 108 Å². The normalized spacial score (nSPS) is 15.1. The number of hydrogen-bond acceptors (Lipinski definition) is 8. The lowest BCUT2D eigenvalue weighted by atomic mass is 9.80. The van der Waals surface area contributed by atoms with Gasteiger partial charge in [-0.05, 0) is 103 Å². The summed E-state index contributed by atoms with van der Waals surface area (Å²) < 4.78 is 11.9.